The highest BCUT2D eigenvalue weighted by molar-refractivity contribution is 7.99. The molecule has 5 heterocycles. The molecule has 1 fully saturated rings. The van der Waals surface area contributed by atoms with Crippen LogP contribution in [0.3, 0.4) is 0 Å². The van der Waals surface area contributed by atoms with Crippen molar-refractivity contribution in [2.45, 2.75) is 59.9 Å². The van der Waals surface area contributed by atoms with Crippen molar-refractivity contribution in [2.24, 2.45) is 0 Å². The summed E-state index contributed by atoms with van der Waals surface area (Å²) in [5, 5.41) is 1.15. The van der Waals surface area contributed by atoms with Crippen molar-refractivity contribution in [3.63, 3.8) is 0 Å². The van der Waals surface area contributed by atoms with E-state index in [0.29, 0.717) is 16.2 Å². The second-order valence-corrected chi connectivity index (χ2v) is 14.4. The molecule has 1 unspecified atom stereocenters. The van der Waals surface area contributed by atoms with Crippen LogP contribution >= 0.6 is 23.4 Å². The Balaban J connectivity index is 1.19. The molecule has 0 radical (unpaired) electrons. The maximum atomic E-state index is 13.1. The van der Waals surface area contributed by atoms with Gasteiger partial charge < -0.3 is 15.4 Å². The van der Waals surface area contributed by atoms with Crippen molar-refractivity contribution in [1.29, 1.82) is 0 Å². The van der Waals surface area contributed by atoms with Crippen LogP contribution in [0.25, 0.3) is 11.2 Å². The fourth-order valence-electron chi connectivity index (χ4n) is 5.05. The molecule has 9 nitrogen and oxygen atoms in total. The molecule has 2 atom stereocenters. The van der Waals surface area contributed by atoms with Gasteiger partial charge in [0.1, 0.15) is 33.5 Å². The number of nitrogens with zero attached hydrogens (tertiary/aromatic N) is 5. The Morgan fingerprint density at radius 2 is 1.90 bits per heavy atom. The zero-order valence-corrected chi connectivity index (χ0v) is 24.8. The zero-order valence-electron chi connectivity index (χ0n) is 22.4. The van der Waals surface area contributed by atoms with E-state index in [4.69, 9.17) is 27.1 Å². The van der Waals surface area contributed by atoms with E-state index >= 15 is 0 Å². The summed E-state index contributed by atoms with van der Waals surface area (Å²) in [5.74, 6) is 1.95. The fraction of sp³-hybridized carbons (Fsp3) is 0.357. The van der Waals surface area contributed by atoms with Crippen LogP contribution in [0.5, 0.6) is 5.75 Å². The Morgan fingerprint density at radius 3 is 2.67 bits per heavy atom. The number of benzene rings is 1. The van der Waals surface area contributed by atoms with Crippen LogP contribution < -0.4 is 20.1 Å². The summed E-state index contributed by atoms with van der Waals surface area (Å²) >= 11 is 7.70. The van der Waals surface area contributed by atoms with Crippen LogP contribution in [-0.2, 0) is 11.0 Å². The minimum absolute atomic E-state index is 0.155. The molecule has 208 valence electrons. The lowest BCUT2D eigenvalue weighted by atomic mass is 9.83. The van der Waals surface area contributed by atoms with Gasteiger partial charge in [0.15, 0.2) is 5.65 Å². The first-order chi connectivity index (χ1) is 19.1. The molecule has 1 aromatic carbocycles. The minimum atomic E-state index is -1.23. The lowest BCUT2D eigenvalue weighted by Gasteiger charge is -2.42. The largest absolute Gasteiger partial charge is 0.485 e. The quantitative estimate of drug-likeness (QED) is 0.315. The monoisotopic (exact) mass is 595 g/mol. The minimum Gasteiger partial charge on any atom is -0.485 e. The number of hydrogen-bond acceptors (Lipinski definition) is 9. The molecule has 3 aromatic heterocycles. The number of pyridine rings is 2. The van der Waals surface area contributed by atoms with Gasteiger partial charge in [0.25, 0.3) is 0 Å². The summed E-state index contributed by atoms with van der Waals surface area (Å²) < 4.78 is 22.7. The van der Waals surface area contributed by atoms with Gasteiger partial charge in [-0.3, -0.25) is 0 Å². The van der Waals surface area contributed by atoms with Gasteiger partial charge in [0.05, 0.1) is 33.0 Å². The molecular weight excluding hydrogens is 566 g/mol. The number of ether oxygens (including phenoxy) is 1. The highest BCUT2D eigenvalue weighted by Gasteiger charge is 2.51. The van der Waals surface area contributed by atoms with Crippen LogP contribution in [-0.4, -0.2) is 47.6 Å². The van der Waals surface area contributed by atoms with Crippen LogP contribution in [0.15, 0.2) is 64.8 Å². The van der Waals surface area contributed by atoms with Crippen molar-refractivity contribution in [3.05, 3.63) is 65.4 Å². The van der Waals surface area contributed by atoms with E-state index in [9.17, 15) is 4.21 Å². The number of para-hydroxylation sites is 1. The average molecular weight is 596 g/mol. The first kappa shape index (κ1) is 27.2. The second-order valence-electron chi connectivity index (χ2n) is 11.0. The molecular formula is C28H30ClN7O2S2. The predicted octanol–water partition coefficient (Wildman–Crippen LogP) is 5.33. The third-order valence-electron chi connectivity index (χ3n) is 7.25. The zero-order chi connectivity index (χ0) is 28.1. The van der Waals surface area contributed by atoms with E-state index in [1.54, 1.807) is 18.5 Å². The Labute approximate surface area is 244 Å². The van der Waals surface area contributed by atoms with Crippen molar-refractivity contribution >= 4 is 57.1 Å². The van der Waals surface area contributed by atoms with Crippen LogP contribution in [0.1, 0.15) is 45.2 Å². The SMILES string of the molecule is CC(C)(C)S(=O)N[C@@H]1c2ccccc2OC12CCN(c1cnc3nc(Sc4ccnc(N)c4Cl)ccc3n1)CC2. The molecule has 0 aliphatic carbocycles. The van der Waals surface area contributed by atoms with Gasteiger partial charge in [0.2, 0.25) is 0 Å². The third-order valence-corrected chi connectivity index (χ3v) is 10.3. The number of nitrogens with two attached hydrogens (primary N) is 1. The van der Waals surface area contributed by atoms with Crippen molar-refractivity contribution < 1.29 is 8.95 Å². The fourth-order valence-corrected chi connectivity index (χ4v) is 7.01. The van der Waals surface area contributed by atoms with Gasteiger partial charge >= 0.3 is 0 Å². The number of halogens is 1. The normalized spacial score (nSPS) is 19.0. The van der Waals surface area contributed by atoms with E-state index in [0.717, 1.165) is 53.0 Å². The van der Waals surface area contributed by atoms with E-state index in [1.807, 2.05) is 51.1 Å². The average Bonchev–Trinajstić information content (AvgIpc) is 3.23. The molecule has 12 heteroatoms. The topological polar surface area (TPSA) is 119 Å². The van der Waals surface area contributed by atoms with Gasteiger partial charge in [-0.05, 0) is 45.0 Å². The van der Waals surface area contributed by atoms with E-state index in [1.165, 1.54) is 11.8 Å². The van der Waals surface area contributed by atoms with Crippen molar-refractivity contribution in [1.82, 2.24) is 24.7 Å². The maximum absolute atomic E-state index is 13.1. The molecule has 6 rings (SSSR count). The molecule has 0 amide bonds. The predicted molar refractivity (Wildman–Crippen MR) is 160 cm³/mol. The number of piperidine rings is 1. The van der Waals surface area contributed by atoms with Crippen LogP contribution in [0, 0.1) is 0 Å². The van der Waals surface area contributed by atoms with E-state index in [2.05, 4.69) is 30.6 Å². The molecule has 0 saturated carbocycles. The Kier molecular flexibility index (Phi) is 7.10. The molecule has 2 aliphatic rings. The molecule has 0 bridgehead atoms. The summed E-state index contributed by atoms with van der Waals surface area (Å²) in [6, 6.07) is 13.5. The lowest BCUT2D eigenvalue weighted by molar-refractivity contribution is 0.0384. The molecule has 4 aromatic rings. The number of aromatic nitrogens is 4. The highest BCUT2D eigenvalue weighted by Crippen LogP contribution is 2.49. The van der Waals surface area contributed by atoms with Crippen molar-refractivity contribution in [3.8, 4) is 5.75 Å². The van der Waals surface area contributed by atoms with E-state index < -0.39 is 16.6 Å². The van der Waals surface area contributed by atoms with Gasteiger partial charge in [-0.1, -0.05) is 41.6 Å². The van der Waals surface area contributed by atoms with Gasteiger partial charge in [-0.2, -0.15) is 0 Å². The second kappa shape index (κ2) is 10.4. The van der Waals surface area contributed by atoms with Gasteiger partial charge in [-0.25, -0.2) is 28.9 Å². The first-order valence-corrected chi connectivity index (χ1v) is 15.4. The smallest absolute Gasteiger partial charge is 0.179 e. The summed E-state index contributed by atoms with van der Waals surface area (Å²) in [4.78, 5) is 21.2. The van der Waals surface area contributed by atoms with Crippen LogP contribution in [0.2, 0.25) is 5.02 Å². The summed E-state index contributed by atoms with van der Waals surface area (Å²) in [6.07, 6.45) is 4.90. The lowest BCUT2D eigenvalue weighted by Crippen LogP contribution is -2.54. The molecule has 2 aliphatic heterocycles. The summed E-state index contributed by atoms with van der Waals surface area (Å²) in [5.41, 5.74) is 7.69. The number of fused-ring (bicyclic) bond motifs is 2. The first-order valence-electron chi connectivity index (χ1n) is 13.1. The number of rotatable bonds is 5. The summed E-state index contributed by atoms with van der Waals surface area (Å²) in [6.45, 7) is 7.40. The Hall–Kier alpha value is -2.99. The Morgan fingerprint density at radius 1 is 1.12 bits per heavy atom. The maximum Gasteiger partial charge on any atom is 0.179 e. The van der Waals surface area contributed by atoms with Crippen LogP contribution in [0.4, 0.5) is 11.6 Å². The van der Waals surface area contributed by atoms with Gasteiger partial charge in [-0.15, -0.1) is 0 Å². The number of hydrogen-bond donors (Lipinski definition) is 2. The number of nitrogen functional groups attached to an aromatic ring is 1. The van der Waals surface area contributed by atoms with Crippen molar-refractivity contribution in [2.75, 3.05) is 23.7 Å². The highest BCUT2D eigenvalue weighted by atomic mass is 35.5. The van der Waals surface area contributed by atoms with E-state index in [-0.39, 0.29) is 16.6 Å². The molecule has 3 N–H and O–H groups in total. The van der Waals surface area contributed by atoms with Gasteiger partial charge in [0, 0.05) is 42.6 Å². The number of nitrogens with one attached hydrogen (secondary N) is 1. The number of anilines is 2. The molecule has 40 heavy (non-hydrogen) atoms. The third kappa shape index (κ3) is 5.11. The molecule has 1 saturated heterocycles. The molecule has 1 spiro atoms. The standard InChI is InChI=1S/C28H30ClN7O2S2/c1-27(2,3)40(37)35-24-17-6-4-5-7-19(17)38-28(24)11-14-36(15-12-28)21-16-32-26-18(33-21)8-9-22(34-26)39-20-10-13-31-25(30)23(20)29/h4-10,13,16,24,35H,11-12,14-15H2,1-3H3,(H2,30,31)/t24-,40?/m1/s1. The summed E-state index contributed by atoms with van der Waals surface area (Å²) in [7, 11) is -1.23. The Bertz CT molecular complexity index is 1610.